The summed E-state index contributed by atoms with van der Waals surface area (Å²) in [5, 5.41) is 5.66. The van der Waals surface area contributed by atoms with E-state index in [1.54, 1.807) is 42.6 Å². The molecule has 0 saturated heterocycles. The zero-order valence-corrected chi connectivity index (χ0v) is 18.9. The van der Waals surface area contributed by atoms with Gasteiger partial charge in [0.25, 0.3) is 0 Å². The van der Waals surface area contributed by atoms with Gasteiger partial charge in [0.05, 0.1) is 43.6 Å². The molecule has 0 aliphatic heterocycles. The molecule has 0 saturated carbocycles. The number of amides is 1. The number of methoxy groups -OCH3 is 2. The molecule has 3 rings (SSSR count). The van der Waals surface area contributed by atoms with E-state index < -0.39 is 9.84 Å². The van der Waals surface area contributed by atoms with E-state index in [2.05, 4.69) is 15.6 Å². The number of aromatic nitrogens is 1. The molecule has 2 aromatic carbocycles. The van der Waals surface area contributed by atoms with Crippen molar-refractivity contribution < 1.29 is 22.7 Å². The maximum absolute atomic E-state index is 13.5. The minimum Gasteiger partial charge on any atom is -0.493 e. The number of anilines is 1. The van der Waals surface area contributed by atoms with Gasteiger partial charge in [0, 0.05) is 6.20 Å². The first kappa shape index (κ1) is 23.1. The first-order chi connectivity index (χ1) is 15.4. The predicted octanol–water partition coefficient (Wildman–Crippen LogP) is 2.97. The van der Waals surface area contributed by atoms with Gasteiger partial charge in [-0.25, -0.2) is 8.42 Å². The molecular weight excluding hydrogens is 430 g/mol. The van der Waals surface area contributed by atoms with E-state index in [-0.39, 0.29) is 46.0 Å². The zero-order valence-electron chi connectivity index (χ0n) is 18.1. The second-order valence-corrected chi connectivity index (χ2v) is 8.83. The molecule has 0 unspecified atom stereocenters. The highest BCUT2D eigenvalue weighted by molar-refractivity contribution is 7.91. The Morgan fingerprint density at radius 1 is 1.00 bits per heavy atom. The molecule has 1 aromatic heterocycles. The Morgan fingerprint density at radius 2 is 1.75 bits per heavy atom. The van der Waals surface area contributed by atoms with Crippen LogP contribution >= 0.6 is 0 Å². The minimum atomic E-state index is -3.97. The van der Waals surface area contributed by atoms with Crippen molar-refractivity contribution in [3.8, 4) is 11.5 Å². The number of hydrogen-bond acceptors (Lipinski definition) is 7. The highest BCUT2D eigenvalue weighted by atomic mass is 32.2. The van der Waals surface area contributed by atoms with Crippen LogP contribution in [0.1, 0.15) is 11.3 Å². The normalized spacial score (nSPS) is 11.0. The summed E-state index contributed by atoms with van der Waals surface area (Å²) in [5.41, 5.74) is 1.88. The number of ether oxygens (including phenoxy) is 2. The highest BCUT2D eigenvalue weighted by Crippen LogP contribution is 2.42. The van der Waals surface area contributed by atoms with E-state index in [1.807, 2.05) is 13.0 Å². The summed E-state index contributed by atoms with van der Waals surface area (Å²) in [5.74, 6) is 0.0134. The number of pyridine rings is 1. The number of benzene rings is 2. The molecule has 0 atom stereocenters. The molecular formula is C23H25N3O5S. The Bertz CT molecular complexity index is 1180. The SMILES string of the molecule is COc1ccc(NCC(=O)NCc2ccccn2)c(S(=O)(=O)c2ccc(C)cc2)c1OC. The Hall–Kier alpha value is -3.59. The number of nitrogens with one attached hydrogen (secondary N) is 2. The summed E-state index contributed by atoms with van der Waals surface area (Å²) < 4.78 is 37.7. The minimum absolute atomic E-state index is 0.0620. The van der Waals surface area contributed by atoms with Crippen LogP contribution in [0.4, 0.5) is 5.69 Å². The maximum Gasteiger partial charge on any atom is 0.239 e. The quantitative estimate of drug-likeness (QED) is 0.511. The number of carbonyl (C=O) groups is 1. The molecule has 0 spiro atoms. The van der Waals surface area contributed by atoms with Gasteiger partial charge in [0.2, 0.25) is 15.7 Å². The molecule has 0 radical (unpaired) electrons. The highest BCUT2D eigenvalue weighted by Gasteiger charge is 2.29. The molecule has 8 nitrogen and oxygen atoms in total. The average molecular weight is 456 g/mol. The Morgan fingerprint density at radius 3 is 2.38 bits per heavy atom. The van der Waals surface area contributed by atoms with Crippen molar-refractivity contribution in [2.75, 3.05) is 26.1 Å². The molecule has 1 amide bonds. The second-order valence-electron chi connectivity index (χ2n) is 6.95. The van der Waals surface area contributed by atoms with Crippen LogP contribution in [-0.4, -0.2) is 40.1 Å². The molecule has 0 fully saturated rings. The number of aryl methyl sites for hydroxylation is 1. The fourth-order valence-electron chi connectivity index (χ4n) is 3.07. The van der Waals surface area contributed by atoms with Crippen molar-refractivity contribution in [2.24, 2.45) is 0 Å². The number of carbonyl (C=O) groups excluding carboxylic acids is 1. The summed E-state index contributed by atoms with van der Waals surface area (Å²) in [6.07, 6.45) is 1.64. The number of hydrogen-bond donors (Lipinski definition) is 2. The molecule has 0 bridgehead atoms. The fourth-order valence-corrected chi connectivity index (χ4v) is 4.66. The van der Waals surface area contributed by atoms with Crippen LogP contribution in [0.5, 0.6) is 11.5 Å². The fraction of sp³-hybridized carbons (Fsp3) is 0.217. The van der Waals surface area contributed by atoms with Gasteiger partial charge < -0.3 is 20.1 Å². The number of rotatable bonds is 9. The monoisotopic (exact) mass is 455 g/mol. The average Bonchev–Trinajstić information content (AvgIpc) is 2.81. The van der Waals surface area contributed by atoms with E-state index in [0.717, 1.165) is 11.3 Å². The third-order valence-corrected chi connectivity index (χ3v) is 6.57. The van der Waals surface area contributed by atoms with Crippen LogP contribution < -0.4 is 20.1 Å². The summed E-state index contributed by atoms with van der Waals surface area (Å²) >= 11 is 0. The van der Waals surface area contributed by atoms with Gasteiger partial charge in [0.1, 0.15) is 4.90 Å². The molecule has 0 aliphatic rings. The lowest BCUT2D eigenvalue weighted by Gasteiger charge is -2.18. The van der Waals surface area contributed by atoms with Crippen molar-refractivity contribution in [1.29, 1.82) is 0 Å². The van der Waals surface area contributed by atoms with Crippen molar-refractivity contribution >= 4 is 21.4 Å². The number of sulfone groups is 1. The Kier molecular flexibility index (Phi) is 7.32. The van der Waals surface area contributed by atoms with Crippen LogP contribution in [0.15, 0.2) is 70.6 Å². The molecule has 9 heteroatoms. The van der Waals surface area contributed by atoms with Gasteiger partial charge in [-0.1, -0.05) is 23.8 Å². The van der Waals surface area contributed by atoms with Crippen molar-refractivity contribution in [1.82, 2.24) is 10.3 Å². The summed E-state index contributed by atoms with van der Waals surface area (Å²) in [6.45, 7) is 2.00. The van der Waals surface area contributed by atoms with E-state index in [9.17, 15) is 13.2 Å². The van der Waals surface area contributed by atoms with E-state index in [0.29, 0.717) is 0 Å². The summed E-state index contributed by atoms with van der Waals surface area (Å²) in [6, 6.07) is 15.1. The van der Waals surface area contributed by atoms with Crippen LogP contribution in [0, 0.1) is 6.92 Å². The Balaban J connectivity index is 1.89. The predicted molar refractivity (Wildman–Crippen MR) is 121 cm³/mol. The van der Waals surface area contributed by atoms with Gasteiger partial charge in [-0.3, -0.25) is 9.78 Å². The summed E-state index contributed by atoms with van der Waals surface area (Å²) in [4.78, 5) is 16.5. The third-order valence-electron chi connectivity index (χ3n) is 4.73. The first-order valence-electron chi connectivity index (χ1n) is 9.84. The van der Waals surface area contributed by atoms with E-state index >= 15 is 0 Å². The Labute approximate surface area is 187 Å². The second kappa shape index (κ2) is 10.1. The van der Waals surface area contributed by atoms with Crippen molar-refractivity contribution in [3.63, 3.8) is 0 Å². The van der Waals surface area contributed by atoms with Gasteiger partial charge in [-0.05, 0) is 43.3 Å². The molecule has 168 valence electrons. The lowest BCUT2D eigenvalue weighted by atomic mass is 10.2. The van der Waals surface area contributed by atoms with Crippen LogP contribution in [0.2, 0.25) is 0 Å². The van der Waals surface area contributed by atoms with Crippen molar-refractivity contribution in [3.05, 3.63) is 72.1 Å². The third kappa shape index (κ3) is 5.17. The van der Waals surface area contributed by atoms with Gasteiger partial charge in [-0.2, -0.15) is 0 Å². The molecule has 32 heavy (non-hydrogen) atoms. The van der Waals surface area contributed by atoms with E-state index in [1.165, 1.54) is 26.4 Å². The molecule has 2 N–H and O–H groups in total. The van der Waals surface area contributed by atoms with Gasteiger partial charge in [0.15, 0.2) is 11.5 Å². The molecule has 0 aliphatic carbocycles. The van der Waals surface area contributed by atoms with E-state index in [4.69, 9.17) is 9.47 Å². The van der Waals surface area contributed by atoms with Crippen LogP contribution in [0.3, 0.4) is 0 Å². The first-order valence-corrected chi connectivity index (χ1v) is 11.3. The maximum atomic E-state index is 13.5. The van der Waals surface area contributed by atoms with Gasteiger partial charge >= 0.3 is 0 Å². The zero-order chi connectivity index (χ0) is 23.1. The smallest absolute Gasteiger partial charge is 0.239 e. The topological polar surface area (TPSA) is 107 Å². The lowest BCUT2D eigenvalue weighted by Crippen LogP contribution is -2.30. The number of nitrogens with zero attached hydrogens (tertiary/aromatic N) is 1. The van der Waals surface area contributed by atoms with Gasteiger partial charge in [-0.15, -0.1) is 0 Å². The van der Waals surface area contributed by atoms with Crippen molar-refractivity contribution in [2.45, 2.75) is 23.3 Å². The largest absolute Gasteiger partial charge is 0.493 e. The van der Waals surface area contributed by atoms with Crippen LogP contribution in [0.25, 0.3) is 0 Å². The standard InChI is InChI=1S/C23H25N3O5S/c1-16-7-9-18(10-8-16)32(28,29)23-19(11-12-20(30-2)22(23)31-3)25-15-21(27)26-14-17-6-4-5-13-24-17/h4-13,25H,14-15H2,1-3H3,(H,26,27). The lowest BCUT2D eigenvalue weighted by molar-refractivity contribution is -0.119. The molecule has 1 heterocycles. The summed E-state index contributed by atoms with van der Waals surface area (Å²) in [7, 11) is -1.17. The molecule has 3 aromatic rings. The van der Waals surface area contributed by atoms with Crippen LogP contribution in [-0.2, 0) is 21.2 Å².